The lowest BCUT2D eigenvalue weighted by Crippen LogP contribution is -2.28. The molecule has 2 unspecified atom stereocenters. The smallest absolute Gasteiger partial charge is 0.102 e. The lowest BCUT2D eigenvalue weighted by molar-refractivity contribution is 0.761. The Morgan fingerprint density at radius 3 is 1.90 bits per heavy atom. The van der Waals surface area contributed by atoms with Crippen LogP contribution in [-0.2, 0) is 0 Å². The van der Waals surface area contributed by atoms with Crippen molar-refractivity contribution in [1.29, 1.82) is 0 Å². The van der Waals surface area contributed by atoms with Crippen molar-refractivity contribution >= 4 is 61.3 Å². The molecule has 3 nitrogen and oxygen atoms in total. The van der Waals surface area contributed by atoms with Gasteiger partial charge in [0.2, 0.25) is 0 Å². The predicted molar refractivity (Wildman–Crippen MR) is 255 cm³/mol. The van der Waals surface area contributed by atoms with Crippen molar-refractivity contribution < 1.29 is 0 Å². The summed E-state index contributed by atoms with van der Waals surface area (Å²) in [5, 5.41) is 4.87. The summed E-state index contributed by atoms with van der Waals surface area (Å²) in [5.41, 5.74) is 13.1. The number of benzene rings is 8. The van der Waals surface area contributed by atoms with E-state index in [1.54, 1.807) is 0 Å². The molecule has 0 saturated heterocycles. The van der Waals surface area contributed by atoms with Gasteiger partial charge in [-0.05, 0) is 99.6 Å². The lowest BCUT2D eigenvalue weighted by atomic mass is 9.85. The zero-order valence-corrected chi connectivity index (χ0v) is 33.7. The van der Waals surface area contributed by atoms with Crippen LogP contribution in [0.15, 0.2) is 235 Å². The predicted octanol–water partition coefficient (Wildman–Crippen LogP) is 14.7. The second-order valence-electron chi connectivity index (χ2n) is 15.6. The standard InChI is InChI=1S/C57H45N3/c1-40-34-37-53(59(46-25-9-4-10-26-46)47-27-11-5-12-28-47)41(2)57(52(43-20-7-3-8-21-43)38-44-24-19-23-42-22-15-16-31-49(42)44)58-56(40)45-35-36-51-50-32-17-18-33-54(50)60(55(51)39-45)48-29-13-6-14-30-48/h3-33,35-40,57H,2,34H2,1H3/b52-38-,53-37-,58-56?. The molecule has 0 spiro atoms. The van der Waals surface area contributed by atoms with Crippen LogP contribution in [0.3, 0.4) is 0 Å². The van der Waals surface area contributed by atoms with Gasteiger partial charge in [0, 0.05) is 45.2 Å². The Labute approximate surface area is 352 Å². The van der Waals surface area contributed by atoms with E-state index in [2.05, 4.69) is 235 Å². The summed E-state index contributed by atoms with van der Waals surface area (Å²) < 4.78 is 2.39. The highest BCUT2D eigenvalue weighted by Crippen LogP contribution is 2.41. The van der Waals surface area contributed by atoms with Crippen LogP contribution < -0.4 is 4.90 Å². The van der Waals surface area contributed by atoms with Gasteiger partial charge in [0.25, 0.3) is 0 Å². The van der Waals surface area contributed by atoms with E-state index in [0.717, 1.165) is 68.2 Å². The summed E-state index contributed by atoms with van der Waals surface area (Å²) >= 11 is 0. The molecular formula is C57H45N3. The van der Waals surface area contributed by atoms with Crippen LogP contribution in [0, 0.1) is 5.92 Å². The third-order valence-corrected chi connectivity index (χ3v) is 11.8. The number of aliphatic imine (C=N–C) groups is 1. The van der Waals surface area contributed by atoms with E-state index >= 15 is 0 Å². The Hall–Kier alpha value is -7.49. The van der Waals surface area contributed by atoms with Crippen LogP contribution in [0.5, 0.6) is 0 Å². The maximum atomic E-state index is 5.98. The van der Waals surface area contributed by atoms with Crippen LogP contribution >= 0.6 is 0 Å². The first-order valence-corrected chi connectivity index (χ1v) is 20.8. The Morgan fingerprint density at radius 1 is 0.600 bits per heavy atom. The average Bonchev–Trinajstić information content (AvgIpc) is 3.64. The van der Waals surface area contributed by atoms with Crippen LogP contribution in [0.1, 0.15) is 30.0 Å². The molecule has 0 fully saturated rings. The average molecular weight is 772 g/mol. The summed E-state index contributed by atoms with van der Waals surface area (Å²) in [4.78, 5) is 8.33. The maximum Gasteiger partial charge on any atom is 0.102 e. The van der Waals surface area contributed by atoms with E-state index < -0.39 is 6.04 Å². The molecule has 0 amide bonds. The van der Waals surface area contributed by atoms with E-state index in [0.29, 0.717) is 0 Å². The van der Waals surface area contributed by atoms with Gasteiger partial charge in [0.1, 0.15) is 6.04 Å². The van der Waals surface area contributed by atoms with Crippen molar-refractivity contribution in [3.05, 3.63) is 247 Å². The molecule has 0 saturated carbocycles. The number of anilines is 2. The molecule has 10 rings (SSSR count). The molecule has 288 valence electrons. The molecule has 1 aliphatic heterocycles. The quantitative estimate of drug-likeness (QED) is 0.141. The Bertz CT molecular complexity index is 3040. The van der Waals surface area contributed by atoms with Gasteiger partial charge in [-0.1, -0.05) is 177 Å². The number of allylic oxidation sites excluding steroid dienone is 1. The van der Waals surface area contributed by atoms with Crippen LogP contribution in [-0.4, -0.2) is 16.3 Å². The Kier molecular flexibility index (Phi) is 9.85. The lowest BCUT2D eigenvalue weighted by Gasteiger charge is -2.34. The molecule has 8 aromatic carbocycles. The number of nitrogens with zero attached hydrogens (tertiary/aromatic N) is 3. The number of fused-ring (bicyclic) bond motifs is 4. The van der Waals surface area contributed by atoms with Crippen molar-refractivity contribution in [2.45, 2.75) is 19.4 Å². The largest absolute Gasteiger partial charge is 0.310 e. The minimum Gasteiger partial charge on any atom is -0.310 e. The first-order valence-electron chi connectivity index (χ1n) is 20.8. The second kappa shape index (κ2) is 16.0. The summed E-state index contributed by atoms with van der Waals surface area (Å²) in [6.07, 6.45) is 5.53. The first kappa shape index (κ1) is 36.8. The molecule has 60 heavy (non-hydrogen) atoms. The fourth-order valence-corrected chi connectivity index (χ4v) is 8.93. The number of hydrogen-bond acceptors (Lipinski definition) is 2. The molecule has 9 aromatic rings. The van der Waals surface area contributed by atoms with Gasteiger partial charge in [-0.25, -0.2) is 0 Å². The normalized spacial score (nSPS) is 16.9. The summed E-state index contributed by atoms with van der Waals surface area (Å²) in [6, 6.07) is 73.1. The van der Waals surface area contributed by atoms with Crippen LogP contribution in [0.25, 0.3) is 49.9 Å². The van der Waals surface area contributed by atoms with Gasteiger partial charge in [-0.2, -0.15) is 0 Å². The highest BCUT2D eigenvalue weighted by atomic mass is 15.2. The van der Waals surface area contributed by atoms with Crippen LogP contribution in [0.4, 0.5) is 11.4 Å². The van der Waals surface area contributed by atoms with Gasteiger partial charge in [-0.3, -0.25) is 4.99 Å². The molecule has 3 heteroatoms. The fourth-order valence-electron chi connectivity index (χ4n) is 8.93. The van der Waals surface area contributed by atoms with Gasteiger partial charge in [0.15, 0.2) is 0 Å². The highest BCUT2D eigenvalue weighted by molar-refractivity contribution is 6.13. The number of rotatable bonds is 8. The van der Waals surface area contributed by atoms with E-state index in [1.165, 1.54) is 27.1 Å². The van der Waals surface area contributed by atoms with Gasteiger partial charge >= 0.3 is 0 Å². The molecule has 0 N–H and O–H groups in total. The van der Waals surface area contributed by atoms with Crippen molar-refractivity contribution in [2.24, 2.45) is 10.9 Å². The Morgan fingerprint density at radius 2 is 1.18 bits per heavy atom. The highest BCUT2D eigenvalue weighted by Gasteiger charge is 2.30. The molecule has 0 bridgehead atoms. The zero-order valence-electron chi connectivity index (χ0n) is 33.7. The van der Waals surface area contributed by atoms with Crippen molar-refractivity contribution in [1.82, 2.24) is 4.57 Å². The van der Waals surface area contributed by atoms with Crippen LogP contribution in [0.2, 0.25) is 0 Å². The number of hydrogen-bond donors (Lipinski definition) is 0. The maximum absolute atomic E-state index is 5.98. The van der Waals surface area contributed by atoms with Crippen molar-refractivity contribution in [2.75, 3.05) is 4.90 Å². The van der Waals surface area contributed by atoms with E-state index in [4.69, 9.17) is 11.6 Å². The minimum absolute atomic E-state index is 0.0885. The first-order chi connectivity index (χ1) is 29.6. The topological polar surface area (TPSA) is 20.5 Å². The minimum atomic E-state index is -0.430. The van der Waals surface area contributed by atoms with Gasteiger partial charge in [0.05, 0.1) is 11.0 Å². The summed E-state index contributed by atoms with van der Waals surface area (Å²) in [5.74, 6) is 0.0885. The third kappa shape index (κ3) is 6.84. The molecule has 1 aliphatic rings. The summed E-state index contributed by atoms with van der Waals surface area (Å²) in [7, 11) is 0. The molecular weight excluding hydrogens is 727 g/mol. The zero-order chi connectivity index (χ0) is 40.4. The molecule has 2 heterocycles. The van der Waals surface area contributed by atoms with E-state index in [9.17, 15) is 0 Å². The molecule has 0 aliphatic carbocycles. The second-order valence-corrected chi connectivity index (χ2v) is 15.6. The third-order valence-electron chi connectivity index (χ3n) is 11.8. The van der Waals surface area contributed by atoms with Gasteiger partial charge < -0.3 is 9.47 Å². The van der Waals surface area contributed by atoms with E-state index in [1.807, 2.05) is 0 Å². The number of para-hydroxylation sites is 4. The van der Waals surface area contributed by atoms with Gasteiger partial charge in [-0.15, -0.1) is 0 Å². The van der Waals surface area contributed by atoms with Crippen molar-refractivity contribution in [3.8, 4) is 5.69 Å². The molecule has 0 radical (unpaired) electrons. The Balaban J connectivity index is 1.22. The summed E-state index contributed by atoms with van der Waals surface area (Å²) in [6.45, 7) is 7.35. The fraction of sp³-hybridized carbons (Fsp3) is 0.0702. The molecule has 2 atom stereocenters. The number of aromatic nitrogens is 1. The monoisotopic (exact) mass is 771 g/mol. The SMILES string of the molecule is C=C1/C(N(c2ccccc2)c2ccccc2)=C/CC(C)C(c2ccc3c4ccccc4n(-c4ccccc4)c3c2)=NC1/C(=C\c1cccc2ccccc12)c1ccccc1. The molecule has 1 aromatic heterocycles. The van der Waals surface area contributed by atoms with Crippen molar-refractivity contribution in [3.63, 3.8) is 0 Å². The van der Waals surface area contributed by atoms with E-state index in [-0.39, 0.29) is 5.92 Å².